The summed E-state index contributed by atoms with van der Waals surface area (Å²) in [6, 6.07) is 11.4. The van der Waals surface area contributed by atoms with Crippen molar-refractivity contribution < 1.29 is 9.90 Å². The molecule has 1 amide bonds. The van der Waals surface area contributed by atoms with Gasteiger partial charge >= 0.3 is 0 Å². The lowest BCUT2D eigenvalue weighted by molar-refractivity contribution is 0.102. The van der Waals surface area contributed by atoms with Crippen molar-refractivity contribution in [2.45, 2.75) is 86.0 Å². The summed E-state index contributed by atoms with van der Waals surface area (Å²) < 4.78 is 0. The maximum absolute atomic E-state index is 13.1. The molecule has 0 atom stereocenters. The van der Waals surface area contributed by atoms with Gasteiger partial charge in [0.2, 0.25) is 0 Å². The van der Waals surface area contributed by atoms with Crippen LogP contribution in [0.15, 0.2) is 59.7 Å². The maximum Gasteiger partial charge on any atom is 0.255 e. The molecule has 0 aliphatic heterocycles. The number of carbonyl (C=O) groups is 1. The minimum Gasteiger partial charge on any atom is -0.507 e. The van der Waals surface area contributed by atoms with Gasteiger partial charge in [-0.2, -0.15) is 0 Å². The molecule has 3 N–H and O–H groups in total. The van der Waals surface area contributed by atoms with Crippen LogP contribution in [0.5, 0.6) is 5.75 Å². The quantitative estimate of drug-likeness (QED) is 0.335. The van der Waals surface area contributed by atoms with Gasteiger partial charge in [0.25, 0.3) is 5.91 Å². The number of allylic oxidation sites excluding steroid dienone is 3. The predicted octanol–water partition coefficient (Wildman–Crippen LogP) is 8.34. The van der Waals surface area contributed by atoms with Gasteiger partial charge in [0.1, 0.15) is 5.75 Å². The number of hydrogen-bond acceptors (Lipinski definition) is 3. The van der Waals surface area contributed by atoms with Gasteiger partial charge in [-0.05, 0) is 80.8 Å². The second-order valence-electron chi connectivity index (χ2n) is 11.7. The first-order valence-corrected chi connectivity index (χ1v) is 12.5. The Kier molecular flexibility index (Phi) is 9.37. The van der Waals surface area contributed by atoms with E-state index >= 15 is 0 Å². The van der Waals surface area contributed by atoms with E-state index in [9.17, 15) is 9.90 Å². The Morgan fingerprint density at radius 3 is 1.86 bits per heavy atom. The molecule has 0 fully saturated rings. The van der Waals surface area contributed by atoms with Crippen LogP contribution in [0.1, 0.15) is 96.6 Å². The summed E-state index contributed by atoms with van der Waals surface area (Å²) in [7, 11) is 0. The van der Waals surface area contributed by atoms with Crippen LogP contribution in [0.25, 0.3) is 0 Å². The van der Waals surface area contributed by atoms with Crippen molar-refractivity contribution >= 4 is 17.3 Å². The molecule has 0 radical (unpaired) electrons. The molecule has 35 heavy (non-hydrogen) atoms. The molecule has 2 aromatic rings. The van der Waals surface area contributed by atoms with Crippen LogP contribution < -0.4 is 10.6 Å². The summed E-state index contributed by atoms with van der Waals surface area (Å²) in [4.78, 5) is 13.1. The first kappa shape index (κ1) is 28.2. The Bertz CT molecular complexity index is 1040. The molecular formula is C31H44N2O2. The molecule has 0 bridgehead atoms. The van der Waals surface area contributed by atoms with Crippen molar-refractivity contribution in [2.24, 2.45) is 0 Å². The fourth-order valence-corrected chi connectivity index (χ4v) is 3.82. The maximum atomic E-state index is 13.1. The minimum absolute atomic E-state index is 0.184. The summed E-state index contributed by atoms with van der Waals surface area (Å²) in [5.74, 6) is 0.0924. The van der Waals surface area contributed by atoms with Gasteiger partial charge in [-0.1, -0.05) is 64.8 Å². The van der Waals surface area contributed by atoms with Crippen molar-refractivity contribution in [3.05, 3.63) is 76.4 Å². The lowest BCUT2D eigenvalue weighted by Crippen LogP contribution is -2.20. The molecule has 0 spiro atoms. The van der Waals surface area contributed by atoms with Gasteiger partial charge < -0.3 is 15.7 Å². The summed E-state index contributed by atoms with van der Waals surface area (Å²) in [6.07, 6.45) is 6.64. The third-order valence-electron chi connectivity index (χ3n) is 5.98. The highest BCUT2D eigenvalue weighted by atomic mass is 16.3. The third-order valence-corrected chi connectivity index (χ3v) is 5.98. The fourth-order valence-electron chi connectivity index (χ4n) is 3.82. The summed E-state index contributed by atoms with van der Waals surface area (Å²) in [5.41, 5.74) is 6.00. The second kappa shape index (κ2) is 11.6. The van der Waals surface area contributed by atoms with E-state index in [2.05, 4.69) is 43.6 Å². The Hall–Kier alpha value is -3.01. The molecule has 190 valence electrons. The van der Waals surface area contributed by atoms with Crippen LogP contribution in [0.2, 0.25) is 0 Å². The SMILES string of the molecule is CC(C)=CCCC(C)=CCNc1ccc(NC(=O)c2cc(C(C)(C)C)c(O)c(C(C)(C)C)c2)cc1. The molecule has 0 aliphatic carbocycles. The highest BCUT2D eigenvalue weighted by molar-refractivity contribution is 6.04. The molecule has 4 nitrogen and oxygen atoms in total. The van der Waals surface area contributed by atoms with E-state index < -0.39 is 0 Å². The van der Waals surface area contributed by atoms with Gasteiger partial charge in [-0.25, -0.2) is 0 Å². The summed E-state index contributed by atoms with van der Waals surface area (Å²) >= 11 is 0. The van der Waals surface area contributed by atoms with Gasteiger partial charge in [0.15, 0.2) is 0 Å². The molecule has 0 aliphatic rings. The highest BCUT2D eigenvalue weighted by Crippen LogP contribution is 2.39. The van der Waals surface area contributed by atoms with Crippen LogP contribution in [-0.4, -0.2) is 17.6 Å². The smallest absolute Gasteiger partial charge is 0.255 e. The van der Waals surface area contributed by atoms with Crippen molar-refractivity contribution in [3.63, 3.8) is 0 Å². The van der Waals surface area contributed by atoms with E-state index in [-0.39, 0.29) is 22.5 Å². The van der Waals surface area contributed by atoms with E-state index in [0.717, 1.165) is 41.9 Å². The zero-order chi connectivity index (χ0) is 26.4. The highest BCUT2D eigenvalue weighted by Gasteiger charge is 2.27. The van der Waals surface area contributed by atoms with Gasteiger partial charge in [-0.15, -0.1) is 0 Å². The van der Waals surface area contributed by atoms with E-state index in [1.165, 1.54) is 11.1 Å². The topological polar surface area (TPSA) is 61.4 Å². The average molecular weight is 477 g/mol. The number of benzene rings is 2. The number of phenols is 1. The first-order chi connectivity index (χ1) is 16.2. The lowest BCUT2D eigenvalue weighted by Gasteiger charge is -2.28. The third kappa shape index (κ3) is 8.61. The van der Waals surface area contributed by atoms with Crippen molar-refractivity contribution in [1.29, 1.82) is 0 Å². The van der Waals surface area contributed by atoms with Gasteiger partial charge in [-0.3, -0.25) is 4.79 Å². The molecule has 2 rings (SSSR count). The predicted molar refractivity (Wildman–Crippen MR) is 151 cm³/mol. The number of nitrogens with one attached hydrogen (secondary N) is 2. The Morgan fingerprint density at radius 1 is 0.857 bits per heavy atom. The van der Waals surface area contributed by atoms with Crippen molar-refractivity contribution in [1.82, 2.24) is 0 Å². The normalized spacial score (nSPS) is 12.3. The minimum atomic E-state index is -0.286. The molecule has 4 heteroatoms. The first-order valence-electron chi connectivity index (χ1n) is 12.5. The zero-order valence-electron chi connectivity index (χ0n) is 23.1. The van der Waals surface area contributed by atoms with Crippen LogP contribution in [0.4, 0.5) is 11.4 Å². The Labute approximate surface area is 212 Å². The van der Waals surface area contributed by atoms with Crippen LogP contribution in [0, 0.1) is 0 Å². The largest absolute Gasteiger partial charge is 0.507 e. The number of phenolic OH excluding ortho intramolecular Hbond substituents is 1. The number of carbonyl (C=O) groups excluding carboxylic acids is 1. The molecule has 0 saturated carbocycles. The van der Waals surface area contributed by atoms with Crippen molar-refractivity contribution in [3.8, 4) is 5.75 Å². The Balaban J connectivity index is 2.09. The van der Waals surface area contributed by atoms with E-state index in [0.29, 0.717) is 5.56 Å². The fraction of sp³-hybridized carbons (Fsp3) is 0.452. The zero-order valence-corrected chi connectivity index (χ0v) is 23.1. The lowest BCUT2D eigenvalue weighted by atomic mass is 9.78. The molecule has 0 aromatic heterocycles. The average Bonchev–Trinajstić information content (AvgIpc) is 2.73. The molecule has 0 saturated heterocycles. The van der Waals surface area contributed by atoms with E-state index in [4.69, 9.17) is 0 Å². The van der Waals surface area contributed by atoms with E-state index in [1.54, 1.807) is 0 Å². The second-order valence-corrected chi connectivity index (χ2v) is 11.7. The van der Waals surface area contributed by atoms with Gasteiger partial charge in [0, 0.05) is 34.6 Å². The van der Waals surface area contributed by atoms with Crippen LogP contribution in [0.3, 0.4) is 0 Å². The molecular weight excluding hydrogens is 432 g/mol. The summed E-state index contributed by atoms with van der Waals surface area (Å²) in [6.45, 7) is 19.5. The number of aromatic hydroxyl groups is 1. The van der Waals surface area contributed by atoms with Gasteiger partial charge in [0.05, 0.1) is 0 Å². The number of hydrogen-bond donors (Lipinski definition) is 3. The summed E-state index contributed by atoms with van der Waals surface area (Å²) in [5, 5.41) is 17.3. The number of amides is 1. The number of anilines is 2. The van der Waals surface area contributed by atoms with Crippen LogP contribution >= 0.6 is 0 Å². The number of rotatable bonds is 8. The molecule has 0 heterocycles. The monoisotopic (exact) mass is 476 g/mol. The molecule has 0 unspecified atom stereocenters. The van der Waals surface area contributed by atoms with Crippen LogP contribution in [-0.2, 0) is 10.8 Å². The van der Waals surface area contributed by atoms with Crippen molar-refractivity contribution in [2.75, 3.05) is 17.2 Å². The Morgan fingerprint density at radius 2 is 1.37 bits per heavy atom. The molecule has 2 aromatic carbocycles. The standard InChI is InChI=1S/C31H44N2O2/c1-21(2)11-10-12-22(3)17-18-32-24-13-15-25(16-14-24)33-29(35)23-19-26(30(4,5)6)28(34)27(20-23)31(7,8)9/h11,13-17,19-20,32,34H,10,12,18H2,1-9H3,(H,33,35). The van der Waals surface area contributed by atoms with E-state index in [1.807, 2.05) is 77.9 Å².